The van der Waals surface area contributed by atoms with Gasteiger partial charge in [0.15, 0.2) is 0 Å². The van der Waals surface area contributed by atoms with Crippen molar-refractivity contribution in [3.8, 4) is 0 Å². The molecular formula is C11H12F3NO3S2. The van der Waals surface area contributed by atoms with Gasteiger partial charge in [0.25, 0.3) is 0 Å². The smallest absolute Gasteiger partial charge is 0.363 e. The Morgan fingerprint density at radius 2 is 1.80 bits per heavy atom. The van der Waals surface area contributed by atoms with Gasteiger partial charge in [-0.1, -0.05) is 30.3 Å². The second-order valence-electron chi connectivity index (χ2n) is 3.73. The van der Waals surface area contributed by atoms with E-state index in [0.717, 1.165) is 12.4 Å². The molecule has 112 valence electrons. The highest BCUT2D eigenvalue weighted by atomic mass is 32.2. The Kier molecular flexibility index (Phi) is 5.90. The fourth-order valence-corrected chi connectivity index (χ4v) is 1.94. The minimum absolute atomic E-state index is 1.03. The molecular weight excluding hydrogens is 315 g/mol. The highest BCUT2D eigenvalue weighted by Crippen LogP contribution is 2.20. The summed E-state index contributed by atoms with van der Waals surface area (Å²) in [5.41, 5.74) is -4.16. The van der Waals surface area contributed by atoms with Crippen molar-refractivity contribution in [2.24, 2.45) is 0 Å². The van der Waals surface area contributed by atoms with E-state index in [0.29, 0.717) is 0 Å². The predicted molar refractivity (Wildman–Crippen MR) is 71.2 cm³/mol. The van der Waals surface area contributed by atoms with Crippen LogP contribution in [0.25, 0.3) is 0 Å². The highest BCUT2D eigenvalue weighted by Gasteiger charge is 2.44. The van der Waals surface area contributed by atoms with Crippen molar-refractivity contribution in [2.75, 3.05) is 5.88 Å². The van der Waals surface area contributed by atoms with Crippen molar-refractivity contribution in [1.82, 2.24) is 4.90 Å². The number of hydrogen-bond donors (Lipinski definition) is 1. The first kappa shape index (κ1) is 16.9. The zero-order chi connectivity index (χ0) is 15.2. The number of hydrogen-bond acceptors (Lipinski definition) is 4. The molecule has 2 rings (SSSR count). The van der Waals surface area contributed by atoms with Crippen LogP contribution in [-0.4, -0.2) is 29.3 Å². The number of nitrogens with zero attached hydrogens (tertiary/aromatic N) is 1. The van der Waals surface area contributed by atoms with E-state index >= 15 is 0 Å². The lowest BCUT2D eigenvalue weighted by molar-refractivity contribution is -0.0510. The Balaban J connectivity index is 0.000000221. The highest BCUT2D eigenvalue weighted by molar-refractivity contribution is 8.02. The van der Waals surface area contributed by atoms with Crippen molar-refractivity contribution in [2.45, 2.75) is 12.1 Å². The zero-order valence-corrected chi connectivity index (χ0v) is 11.7. The molecule has 1 aromatic carbocycles. The van der Waals surface area contributed by atoms with Crippen LogP contribution in [0.4, 0.5) is 13.2 Å². The van der Waals surface area contributed by atoms with E-state index in [4.69, 9.17) is 13.0 Å². The van der Waals surface area contributed by atoms with Gasteiger partial charge in [0.2, 0.25) is 0 Å². The van der Waals surface area contributed by atoms with Crippen molar-refractivity contribution in [3.63, 3.8) is 0 Å². The summed E-state index contributed by atoms with van der Waals surface area (Å²) in [6.07, 6.45) is 2.15. The summed E-state index contributed by atoms with van der Waals surface area (Å²) < 4.78 is 57.5. The van der Waals surface area contributed by atoms with Gasteiger partial charge in [-0.15, -0.1) is 11.8 Å². The maximum atomic E-state index is 10.7. The summed E-state index contributed by atoms with van der Waals surface area (Å²) in [6, 6.07) is 10.6. The Morgan fingerprint density at radius 3 is 2.20 bits per heavy atom. The number of rotatable bonds is 2. The second kappa shape index (κ2) is 7.00. The summed E-state index contributed by atoms with van der Waals surface area (Å²) in [4.78, 5) is 2.31. The fraction of sp³-hybridized carbons (Fsp3) is 0.273. The first-order valence-electron chi connectivity index (χ1n) is 5.30. The largest absolute Gasteiger partial charge is 0.522 e. The van der Waals surface area contributed by atoms with E-state index in [1.54, 1.807) is 0 Å². The molecule has 0 saturated carbocycles. The third-order valence-corrected chi connectivity index (χ3v) is 3.51. The van der Waals surface area contributed by atoms with Crippen molar-refractivity contribution in [1.29, 1.82) is 0 Å². The van der Waals surface area contributed by atoms with Crippen molar-refractivity contribution < 1.29 is 26.1 Å². The Hall–Kier alpha value is -1.19. The van der Waals surface area contributed by atoms with Gasteiger partial charge in [0, 0.05) is 12.7 Å². The first-order chi connectivity index (χ1) is 9.20. The van der Waals surface area contributed by atoms with Crippen LogP contribution in [0, 0.1) is 0 Å². The molecule has 1 aliphatic heterocycles. The molecule has 1 aliphatic rings. The van der Waals surface area contributed by atoms with Gasteiger partial charge in [-0.25, -0.2) is 0 Å². The summed E-state index contributed by atoms with van der Waals surface area (Å²) in [7, 11) is -5.84. The Morgan fingerprint density at radius 1 is 1.25 bits per heavy atom. The predicted octanol–water partition coefficient (Wildman–Crippen LogP) is 3.06. The molecule has 0 radical (unpaired) electrons. The molecule has 0 spiro atoms. The quantitative estimate of drug-likeness (QED) is 0.668. The minimum Gasteiger partial charge on any atom is -0.363 e. The van der Waals surface area contributed by atoms with Gasteiger partial charge in [-0.3, -0.25) is 4.55 Å². The molecule has 4 nitrogen and oxygen atoms in total. The summed E-state index contributed by atoms with van der Waals surface area (Å²) in [6.45, 7) is 1.03. The molecule has 1 N–H and O–H groups in total. The van der Waals surface area contributed by atoms with Gasteiger partial charge < -0.3 is 4.90 Å². The number of benzene rings is 1. The maximum Gasteiger partial charge on any atom is 0.522 e. The molecule has 0 saturated heterocycles. The SMILES string of the molecule is C1=CN(Cc2ccccc2)CS1.O=S(=O)(O)C(F)(F)F. The molecule has 20 heavy (non-hydrogen) atoms. The molecule has 0 aliphatic carbocycles. The van der Waals surface area contributed by atoms with E-state index in [1.807, 2.05) is 11.8 Å². The first-order valence-corrected chi connectivity index (χ1v) is 7.79. The topological polar surface area (TPSA) is 57.6 Å². The molecule has 0 fully saturated rings. The molecule has 0 unspecified atom stereocenters. The summed E-state index contributed by atoms with van der Waals surface area (Å²) in [5.74, 6) is 1.09. The van der Waals surface area contributed by atoms with Crippen LogP contribution in [0.15, 0.2) is 41.9 Å². The number of halogens is 3. The van der Waals surface area contributed by atoms with E-state index < -0.39 is 15.6 Å². The molecule has 9 heteroatoms. The van der Waals surface area contributed by atoms with Gasteiger partial charge in [0.1, 0.15) is 0 Å². The standard InChI is InChI=1S/C10H11NS.CHF3O3S/c1-2-4-10(5-3-1)8-11-6-7-12-9-11;2-1(3,4)8(5,6)7/h1-7H,8-9H2;(H,5,6,7). The minimum atomic E-state index is -5.84. The summed E-state index contributed by atoms with van der Waals surface area (Å²) >= 11 is 1.85. The average molecular weight is 327 g/mol. The monoisotopic (exact) mass is 327 g/mol. The van der Waals surface area contributed by atoms with Crippen LogP contribution < -0.4 is 0 Å². The Labute approximate surface area is 119 Å². The molecule has 0 bridgehead atoms. The van der Waals surface area contributed by atoms with Crippen LogP contribution in [0.1, 0.15) is 5.56 Å². The lowest BCUT2D eigenvalue weighted by Gasteiger charge is -2.13. The zero-order valence-electron chi connectivity index (χ0n) is 10.1. The van der Waals surface area contributed by atoms with Crippen LogP contribution >= 0.6 is 11.8 Å². The molecule has 0 amide bonds. The van der Waals surface area contributed by atoms with Gasteiger partial charge in [0.05, 0.1) is 5.88 Å². The van der Waals surface area contributed by atoms with Gasteiger partial charge in [-0.05, 0) is 11.0 Å². The van der Waals surface area contributed by atoms with Crippen LogP contribution in [0.5, 0.6) is 0 Å². The lowest BCUT2D eigenvalue weighted by Crippen LogP contribution is -2.21. The third kappa shape index (κ3) is 5.85. The Bertz CT molecular complexity index is 544. The third-order valence-electron chi connectivity index (χ3n) is 2.13. The van der Waals surface area contributed by atoms with Crippen LogP contribution in [0.3, 0.4) is 0 Å². The van der Waals surface area contributed by atoms with E-state index in [1.165, 1.54) is 5.56 Å². The number of thioether (sulfide) groups is 1. The average Bonchev–Trinajstić information content (AvgIpc) is 2.81. The lowest BCUT2D eigenvalue weighted by atomic mass is 10.2. The van der Waals surface area contributed by atoms with Gasteiger partial charge >= 0.3 is 15.6 Å². The fourth-order valence-electron chi connectivity index (χ4n) is 1.23. The normalized spacial score (nSPS) is 14.9. The molecule has 0 atom stereocenters. The van der Waals surface area contributed by atoms with E-state index in [9.17, 15) is 13.2 Å². The molecule has 1 heterocycles. The molecule has 1 aromatic rings. The van der Waals surface area contributed by atoms with E-state index in [-0.39, 0.29) is 0 Å². The second-order valence-corrected chi connectivity index (χ2v) is 6.01. The summed E-state index contributed by atoms with van der Waals surface area (Å²) in [5, 5.41) is 2.14. The van der Waals surface area contributed by atoms with Gasteiger partial charge in [-0.2, -0.15) is 21.6 Å². The molecule has 0 aromatic heterocycles. The number of alkyl halides is 3. The van der Waals surface area contributed by atoms with Crippen LogP contribution in [0.2, 0.25) is 0 Å². The van der Waals surface area contributed by atoms with Crippen molar-refractivity contribution >= 4 is 21.9 Å². The van der Waals surface area contributed by atoms with Crippen molar-refractivity contribution in [3.05, 3.63) is 47.5 Å². The van der Waals surface area contributed by atoms with E-state index in [2.05, 4.69) is 46.8 Å². The van der Waals surface area contributed by atoms with Crippen LogP contribution in [-0.2, 0) is 16.7 Å². The maximum absolute atomic E-state index is 10.7.